The highest BCUT2D eigenvalue weighted by atomic mass is 16.5. The lowest BCUT2D eigenvalue weighted by Gasteiger charge is -2.22. The fraction of sp³-hybridized carbons (Fsp3) is 0.667. The lowest BCUT2D eigenvalue weighted by Crippen LogP contribution is -2.21. The molecule has 1 aliphatic rings. The van der Waals surface area contributed by atoms with Crippen LogP contribution in [0, 0.1) is 11.3 Å². The molecule has 2 rings (SSSR count). The summed E-state index contributed by atoms with van der Waals surface area (Å²) in [5.41, 5.74) is -0.0397. The molecular formula is C18H28N2O2. The average Bonchev–Trinajstić information content (AvgIpc) is 2.45. The maximum Gasteiger partial charge on any atom is 0.226 e. The van der Waals surface area contributed by atoms with Gasteiger partial charge in [0.1, 0.15) is 0 Å². The van der Waals surface area contributed by atoms with Gasteiger partial charge in [-0.25, -0.2) is 4.98 Å². The molecule has 0 atom stereocenters. The number of rotatable bonds is 5. The summed E-state index contributed by atoms with van der Waals surface area (Å²) < 4.78 is 5.93. The van der Waals surface area contributed by atoms with Crippen LogP contribution in [0.5, 0.6) is 5.75 Å². The summed E-state index contributed by atoms with van der Waals surface area (Å²) in [5.74, 6) is 1.82. The minimum Gasteiger partial charge on any atom is -0.489 e. The van der Waals surface area contributed by atoms with Gasteiger partial charge in [-0.05, 0) is 36.3 Å². The van der Waals surface area contributed by atoms with E-state index < -0.39 is 0 Å². The van der Waals surface area contributed by atoms with Gasteiger partial charge in [-0.15, -0.1) is 0 Å². The van der Waals surface area contributed by atoms with Crippen molar-refractivity contribution < 1.29 is 9.53 Å². The average molecular weight is 304 g/mol. The van der Waals surface area contributed by atoms with Gasteiger partial charge in [0.15, 0.2) is 11.6 Å². The number of aromatic nitrogens is 1. The van der Waals surface area contributed by atoms with Crippen molar-refractivity contribution in [1.29, 1.82) is 0 Å². The maximum absolute atomic E-state index is 12.1. The second-order valence-corrected chi connectivity index (χ2v) is 7.45. The number of pyridine rings is 1. The van der Waals surface area contributed by atoms with E-state index in [1.165, 1.54) is 32.1 Å². The van der Waals surface area contributed by atoms with E-state index in [1.807, 2.05) is 32.9 Å². The van der Waals surface area contributed by atoms with Gasteiger partial charge >= 0.3 is 0 Å². The molecule has 0 aromatic carbocycles. The molecule has 0 unspecified atom stereocenters. The Balaban J connectivity index is 1.92. The van der Waals surface area contributed by atoms with Crippen molar-refractivity contribution in [3.05, 3.63) is 18.3 Å². The zero-order valence-electron chi connectivity index (χ0n) is 14.0. The van der Waals surface area contributed by atoms with Crippen molar-refractivity contribution in [3.63, 3.8) is 0 Å². The standard InChI is InChI=1S/C18H28N2O2/c1-18(2,3)12-16(21)20-17-15(10-7-11-19-17)22-13-14-8-5-4-6-9-14/h7,10-11,14H,4-6,8-9,12-13H2,1-3H3,(H,19,20,21). The van der Waals surface area contributed by atoms with Crippen LogP contribution in [0.15, 0.2) is 18.3 Å². The topological polar surface area (TPSA) is 51.2 Å². The van der Waals surface area contributed by atoms with Crippen LogP contribution < -0.4 is 10.1 Å². The van der Waals surface area contributed by atoms with E-state index in [1.54, 1.807) is 6.20 Å². The van der Waals surface area contributed by atoms with Crippen LogP contribution in [-0.2, 0) is 4.79 Å². The van der Waals surface area contributed by atoms with Gasteiger partial charge < -0.3 is 10.1 Å². The van der Waals surface area contributed by atoms with Gasteiger partial charge in [-0.2, -0.15) is 0 Å². The van der Waals surface area contributed by atoms with Crippen molar-refractivity contribution in [1.82, 2.24) is 4.98 Å². The molecule has 1 heterocycles. The Labute approximate surface area is 133 Å². The van der Waals surface area contributed by atoms with Crippen LogP contribution in [0.2, 0.25) is 0 Å². The first-order valence-electron chi connectivity index (χ1n) is 8.32. The fourth-order valence-electron chi connectivity index (χ4n) is 2.82. The first-order valence-corrected chi connectivity index (χ1v) is 8.32. The number of hydrogen-bond donors (Lipinski definition) is 1. The summed E-state index contributed by atoms with van der Waals surface area (Å²) in [7, 11) is 0. The van der Waals surface area contributed by atoms with Crippen molar-refractivity contribution in [3.8, 4) is 5.75 Å². The Morgan fingerprint density at radius 1 is 1.32 bits per heavy atom. The van der Waals surface area contributed by atoms with Gasteiger partial charge in [-0.3, -0.25) is 4.79 Å². The SMILES string of the molecule is CC(C)(C)CC(=O)Nc1ncccc1OCC1CCCCC1. The molecule has 0 spiro atoms. The lowest BCUT2D eigenvalue weighted by molar-refractivity contribution is -0.117. The second-order valence-electron chi connectivity index (χ2n) is 7.45. The lowest BCUT2D eigenvalue weighted by atomic mass is 9.90. The van der Waals surface area contributed by atoms with E-state index in [9.17, 15) is 4.79 Å². The number of ether oxygens (including phenoxy) is 1. The third-order valence-electron chi connectivity index (χ3n) is 3.92. The van der Waals surface area contributed by atoms with E-state index in [-0.39, 0.29) is 11.3 Å². The van der Waals surface area contributed by atoms with E-state index in [2.05, 4.69) is 10.3 Å². The molecule has 22 heavy (non-hydrogen) atoms. The van der Waals surface area contributed by atoms with Crippen molar-refractivity contribution in [2.24, 2.45) is 11.3 Å². The molecule has 0 saturated heterocycles. The molecule has 1 fully saturated rings. The number of carbonyl (C=O) groups is 1. The highest BCUT2D eigenvalue weighted by Crippen LogP contribution is 2.27. The summed E-state index contributed by atoms with van der Waals surface area (Å²) >= 11 is 0. The number of nitrogens with one attached hydrogen (secondary N) is 1. The summed E-state index contributed by atoms with van der Waals surface area (Å²) in [6.45, 7) is 6.86. The van der Waals surface area contributed by atoms with Crippen LogP contribution in [0.4, 0.5) is 5.82 Å². The van der Waals surface area contributed by atoms with E-state index in [0.717, 1.165) is 0 Å². The van der Waals surface area contributed by atoms with Gasteiger partial charge in [0.05, 0.1) is 6.61 Å². The third kappa shape index (κ3) is 5.66. The molecule has 0 bridgehead atoms. The zero-order valence-corrected chi connectivity index (χ0v) is 14.0. The van der Waals surface area contributed by atoms with E-state index >= 15 is 0 Å². The summed E-state index contributed by atoms with van der Waals surface area (Å²) in [4.78, 5) is 16.3. The normalized spacial score (nSPS) is 16.3. The second kappa shape index (κ2) is 7.61. The molecule has 4 nitrogen and oxygen atoms in total. The van der Waals surface area contributed by atoms with Crippen molar-refractivity contribution >= 4 is 11.7 Å². The van der Waals surface area contributed by atoms with Crippen LogP contribution in [0.3, 0.4) is 0 Å². The van der Waals surface area contributed by atoms with Gasteiger partial charge in [-0.1, -0.05) is 40.0 Å². The number of amides is 1. The number of carbonyl (C=O) groups excluding carboxylic acids is 1. The van der Waals surface area contributed by atoms with Crippen molar-refractivity contribution in [2.45, 2.75) is 59.3 Å². The zero-order chi connectivity index (χ0) is 16.0. The highest BCUT2D eigenvalue weighted by Gasteiger charge is 2.19. The van der Waals surface area contributed by atoms with E-state index in [4.69, 9.17) is 4.74 Å². The predicted molar refractivity (Wildman–Crippen MR) is 89.0 cm³/mol. The summed E-state index contributed by atoms with van der Waals surface area (Å²) in [5, 5.41) is 2.88. The number of hydrogen-bond acceptors (Lipinski definition) is 3. The summed E-state index contributed by atoms with van der Waals surface area (Å²) in [6, 6.07) is 3.72. The predicted octanol–water partition coefficient (Wildman–Crippen LogP) is 4.42. The van der Waals surface area contributed by atoms with Gasteiger partial charge in [0.25, 0.3) is 0 Å². The largest absolute Gasteiger partial charge is 0.489 e. The molecule has 1 N–H and O–H groups in total. The molecule has 4 heteroatoms. The third-order valence-corrected chi connectivity index (χ3v) is 3.92. The Kier molecular flexibility index (Phi) is 5.81. The molecular weight excluding hydrogens is 276 g/mol. The minimum absolute atomic E-state index is 0.0197. The Hall–Kier alpha value is -1.58. The van der Waals surface area contributed by atoms with Crippen LogP contribution >= 0.6 is 0 Å². The van der Waals surface area contributed by atoms with Crippen LogP contribution in [0.1, 0.15) is 59.3 Å². The smallest absolute Gasteiger partial charge is 0.226 e. The molecule has 1 aromatic rings. The molecule has 1 saturated carbocycles. The van der Waals surface area contributed by atoms with Crippen LogP contribution in [0.25, 0.3) is 0 Å². The Morgan fingerprint density at radius 2 is 2.05 bits per heavy atom. The van der Waals surface area contributed by atoms with Gasteiger partial charge in [0.2, 0.25) is 5.91 Å². The monoisotopic (exact) mass is 304 g/mol. The number of anilines is 1. The molecule has 1 amide bonds. The van der Waals surface area contributed by atoms with Crippen molar-refractivity contribution in [2.75, 3.05) is 11.9 Å². The first-order chi connectivity index (χ1) is 10.4. The minimum atomic E-state index is -0.0397. The molecule has 1 aliphatic carbocycles. The summed E-state index contributed by atoms with van der Waals surface area (Å²) in [6.07, 6.45) is 8.58. The first kappa shape index (κ1) is 16.8. The number of nitrogens with zero attached hydrogens (tertiary/aromatic N) is 1. The maximum atomic E-state index is 12.1. The van der Waals surface area contributed by atoms with E-state index in [0.29, 0.717) is 30.5 Å². The highest BCUT2D eigenvalue weighted by molar-refractivity contribution is 5.91. The molecule has 0 aliphatic heterocycles. The molecule has 0 radical (unpaired) electrons. The molecule has 122 valence electrons. The van der Waals surface area contributed by atoms with Crippen LogP contribution in [-0.4, -0.2) is 17.5 Å². The quantitative estimate of drug-likeness (QED) is 0.876. The Morgan fingerprint density at radius 3 is 2.73 bits per heavy atom. The molecule has 1 aromatic heterocycles. The van der Waals surface area contributed by atoms with Gasteiger partial charge in [0, 0.05) is 12.6 Å². The Bertz CT molecular complexity index is 488. The fourth-order valence-corrected chi connectivity index (χ4v) is 2.82.